The Kier molecular flexibility index (Phi) is 22.1. The van der Waals surface area contributed by atoms with E-state index in [1.165, 1.54) is 89.9 Å². The molecular weight excluding hydrogens is 388 g/mol. The summed E-state index contributed by atoms with van der Waals surface area (Å²) in [7, 11) is 1.65. The monoisotopic (exact) mass is 442 g/mol. The average Bonchev–Trinajstić information content (AvgIpc) is 2.76. The molecule has 0 aromatic rings. The van der Waals surface area contributed by atoms with E-state index in [0.717, 1.165) is 12.8 Å². The average molecular weight is 443 g/mol. The minimum Gasteiger partial charge on any atom is -0.465 e. The Hall–Kier alpha value is -0.610. The van der Waals surface area contributed by atoms with Crippen LogP contribution in [0.25, 0.3) is 0 Å². The smallest absolute Gasteiger partial charge is 0.308 e. The lowest BCUT2D eigenvalue weighted by molar-refractivity contribution is -0.148. The summed E-state index contributed by atoms with van der Waals surface area (Å²) in [6.45, 7) is 8.90. The third-order valence-electron chi connectivity index (χ3n) is 6.23. The number of hydrogen-bond donors (Lipinski definition) is 0. The quantitative estimate of drug-likeness (QED) is 0.113. The van der Waals surface area contributed by atoms with E-state index in [2.05, 4.69) is 20.8 Å². The molecule has 0 rings (SSSR count). The van der Waals surface area contributed by atoms with Crippen LogP contribution in [0.5, 0.6) is 0 Å². The van der Waals surface area contributed by atoms with Gasteiger partial charge >= 0.3 is 5.97 Å². The molecule has 4 heteroatoms. The van der Waals surface area contributed by atoms with Gasteiger partial charge in [0.1, 0.15) is 0 Å². The Balaban J connectivity index is 4.20. The van der Waals surface area contributed by atoms with Gasteiger partial charge in [-0.15, -0.1) is 0 Å². The van der Waals surface area contributed by atoms with Gasteiger partial charge in [-0.3, -0.25) is 4.79 Å². The van der Waals surface area contributed by atoms with Crippen LogP contribution >= 0.6 is 0 Å². The molecule has 186 valence electrons. The molecular formula is C27H54O4. The van der Waals surface area contributed by atoms with Crippen LogP contribution in [0, 0.1) is 5.41 Å². The summed E-state index contributed by atoms with van der Waals surface area (Å²) in [5.74, 6) is -0.137. The molecule has 0 aromatic heterocycles. The van der Waals surface area contributed by atoms with Gasteiger partial charge in [0.05, 0.1) is 32.8 Å². The van der Waals surface area contributed by atoms with Crippen molar-refractivity contribution in [2.45, 2.75) is 130 Å². The second kappa shape index (κ2) is 22.6. The maximum atomic E-state index is 12.1. The molecule has 0 amide bonds. The molecule has 0 N–H and O–H groups in total. The summed E-state index contributed by atoms with van der Waals surface area (Å²) >= 11 is 0. The number of hydrogen-bond acceptors (Lipinski definition) is 4. The molecule has 31 heavy (non-hydrogen) atoms. The molecule has 0 saturated heterocycles. The largest absolute Gasteiger partial charge is 0.465 e. The first kappa shape index (κ1) is 30.4. The van der Waals surface area contributed by atoms with E-state index in [-0.39, 0.29) is 11.4 Å². The van der Waals surface area contributed by atoms with Gasteiger partial charge in [0.15, 0.2) is 0 Å². The molecule has 1 unspecified atom stereocenters. The van der Waals surface area contributed by atoms with Crippen LogP contribution in [0.4, 0.5) is 0 Å². The fourth-order valence-electron chi connectivity index (χ4n) is 4.01. The van der Waals surface area contributed by atoms with Crippen molar-refractivity contribution >= 4 is 5.97 Å². The zero-order valence-corrected chi connectivity index (χ0v) is 21.5. The standard InChI is InChI=1S/C27H54O4/c1-5-7-9-11-13-14-16-18-21-27(3,20-17-15-12-10-8-6-2)25-31-26(28)19-22-30-24-23-29-4/h5-25H2,1-4H3. The highest BCUT2D eigenvalue weighted by Crippen LogP contribution is 2.32. The highest BCUT2D eigenvalue weighted by atomic mass is 16.5. The molecule has 0 heterocycles. The van der Waals surface area contributed by atoms with E-state index in [4.69, 9.17) is 14.2 Å². The SMILES string of the molecule is CCCCCCCCCCC(C)(CCCCCCCC)COC(=O)CCOCCOC. The molecule has 0 spiro atoms. The maximum Gasteiger partial charge on any atom is 0.308 e. The van der Waals surface area contributed by atoms with Crippen molar-refractivity contribution in [2.24, 2.45) is 5.41 Å². The topological polar surface area (TPSA) is 44.8 Å². The first-order valence-electron chi connectivity index (χ1n) is 13.3. The number of unbranched alkanes of at least 4 members (excludes halogenated alkanes) is 12. The summed E-state index contributed by atoms with van der Waals surface area (Å²) in [6, 6.07) is 0. The molecule has 4 nitrogen and oxygen atoms in total. The van der Waals surface area contributed by atoms with Crippen molar-refractivity contribution < 1.29 is 19.0 Å². The van der Waals surface area contributed by atoms with Gasteiger partial charge in [0, 0.05) is 12.5 Å². The number of esters is 1. The number of carbonyl (C=O) groups excluding carboxylic acids is 1. The highest BCUT2D eigenvalue weighted by Gasteiger charge is 2.25. The van der Waals surface area contributed by atoms with Crippen molar-refractivity contribution in [3.8, 4) is 0 Å². The van der Waals surface area contributed by atoms with Gasteiger partial charge in [-0.2, -0.15) is 0 Å². The maximum absolute atomic E-state index is 12.1. The lowest BCUT2D eigenvalue weighted by Crippen LogP contribution is -2.26. The zero-order valence-electron chi connectivity index (χ0n) is 21.5. The van der Waals surface area contributed by atoms with Crippen molar-refractivity contribution in [3.63, 3.8) is 0 Å². The second-order valence-corrected chi connectivity index (χ2v) is 9.57. The fraction of sp³-hybridized carbons (Fsp3) is 0.963. The van der Waals surface area contributed by atoms with Crippen LogP contribution in [-0.2, 0) is 19.0 Å². The van der Waals surface area contributed by atoms with E-state index in [0.29, 0.717) is 32.8 Å². The van der Waals surface area contributed by atoms with Crippen LogP contribution in [-0.4, -0.2) is 39.5 Å². The lowest BCUT2D eigenvalue weighted by atomic mass is 9.80. The lowest BCUT2D eigenvalue weighted by Gasteiger charge is -2.29. The zero-order chi connectivity index (χ0) is 23.0. The van der Waals surface area contributed by atoms with Crippen LogP contribution < -0.4 is 0 Å². The summed E-state index contributed by atoms with van der Waals surface area (Å²) in [5, 5.41) is 0. The predicted molar refractivity (Wildman–Crippen MR) is 132 cm³/mol. The van der Waals surface area contributed by atoms with E-state index in [1.807, 2.05) is 0 Å². The first-order valence-corrected chi connectivity index (χ1v) is 13.3. The molecule has 0 saturated carbocycles. The number of rotatable bonds is 24. The summed E-state index contributed by atoms with van der Waals surface area (Å²) in [6.07, 6.45) is 21.2. The van der Waals surface area contributed by atoms with Crippen molar-refractivity contribution in [2.75, 3.05) is 33.5 Å². The van der Waals surface area contributed by atoms with Gasteiger partial charge < -0.3 is 14.2 Å². The van der Waals surface area contributed by atoms with Crippen LogP contribution in [0.15, 0.2) is 0 Å². The molecule has 1 atom stereocenters. The Morgan fingerprint density at radius 1 is 0.677 bits per heavy atom. The molecule has 0 bridgehead atoms. The first-order chi connectivity index (χ1) is 15.1. The Morgan fingerprint density at radius 2 is 1.16 bits per heavy atom. The van der Waals surface area contributed by atoms with Gasteiger partial charge in [0.2, 0.25) is 0 Å². The third-order valence-corrected chi connectivity index (χ3v) is 6.23. The fourth-order valence-corrected chi connectivity index (χ4v) is 4.01. The Labute approximate surface area is 194 Å². The second-order valence-electron chi connectivity index (χ2n) is 9.57. The third kappa shape index (κ3) is 21.0. The number of methoxy groups -OCH3 is 1. The normalized spacial score (nSPS) is 13.3. The van der Waals surface area contributed by atoms with Crippen molar-refractivity contribution in [1.29, 1.82) is 0 Å². The van der Waals surface area contributed by atoms with E-state index in [9.17, 15) is 4.79 Å². The summed E-state index contributed by atoms with van der Waals surface area (Å²) < 4.78 is 16.0. The summed E-state index contributed by atoms with van der Waals surface area (Å²) in [4.78, 5) is 12.1. The molecule has 0 fully saturated rings. The van der Waals surface area contributed by atoms with Gasteiger partial charge in [0.25, 0.3) is 0 Å². The number of ether oxygens (including phenoxy) is 3. The Morgan fingerprint density at radius 3 is 1.65 bits per heavy atom. The van der Waals surface area contributed by atoms with Crippen LogP contribution in [0.1, 0.15) is 130 Å². The van der Waals surface area contributed by atoms with Crippen LogP contribution in [0.3, 0.4) is 0 Å². The van der Waals surface area contributed by atoms with Crippen molar-refractivity contribution in [3.05, 3.63) is 0 Å². The molecule has 0 aliphatic carbocycles. The van der Waals surface area contributed by atoms with E-state index >= 15 is 0 Å². The van der Waals surface area contributed by atoms with E-state index < -0.39 is 0 Å². The molecule has 0 aliphatic heterocycles. The van der Waals surface area contributed by atoms with Crippen molar-refractivity contribution in [1.82, 2.24) is 0 Å². The van der Waals surface area contributed by atoms with Gasteiger partial charge in [-0.05, 0) is 12.8 Å². The Bertz CT molecular complexity index is 385. The van der Waals surface area contributed by atoms with Crippen LogP contribution in [0.2, 0.25) is 0 Å². The highest BCUT2D eigenvalue weighted by molar-refractivity contribution is 5.69. The van der Waals surface area contributed by atoms with E-state index in [1.54, 1.807) is 7.11 Å². The number of carbonyl (C=O) groups is 1. The predicted octanol–water partition coefficient (Wildman–Crippen LogP) is 7.87. The van der Waals surface area contributed by atoms with Gasteiger partial charge in [-0.1, -0.05) is 111 Å². The molecule has 0 aliphatic rings. The van der Waals surface area contributed by atoms with Gasteiger partial charge in [-0.25, -0.2) is 0 Å². The minimum atomic E-state index is -0.137. The molecule has 0 aromatic carbocycles. The summed E-state index contributed by atoms with van der Waals surface area (Å²) in [5.41, 5.74) is 0.111. The minimum absolute atomic E-state index is 0.111. The molecule has 0 radical (unpaired) electrons.